The van der Waals surface area contributed by atoms with Crippen LogP contribution >= 0.6 is 7.75 Å². The Bertz CT molecular complexity index is 2960. The molecule has 362 valence electrons. The molecule has 3 aliphatic heterocycles. The van der Waals surface area contributed by atoms with Crippen LogP contribution in [0.5, 0.6) is 11.5 Å². The van der Waals surface area contributed by atoms with Gasteiger partial charge in [-0.2, -0.15) is 0 Å². The van der Waals surface area contributed by atoms with Gasteiger partial charge in [-0.1, -0.05) is 18.2 Å². The number of aromatic nitrogens is 4. The molecule has 1 fully saturated rings. The fourth-order valence-electron chi connectivity index (χ4n) is 8.26. The van der Waals surface area contributed by atoms with E-state index >= 15 is 0 Å². The zero-order valence-corrected chi connectivity index (χ0v) is 39.5. The van der Waals surface area contributed by atoms with Gasteiger partial charge in [0.1, 0.15) is 11.4 Å². The SMILES string of the molecule is C=C1C[C@H]2C=Nc3cc(OCCCC(=O)Nc4cn(C)c(C(=O)Nc5cc(C(=O)Nc6cc(C(=O)N7Cc8ccc(NP(=O)(O)OCCOC)cc8C7)n(C)c6)n(C)c5)n4)c(OC)cc3C(=O)N2C1. The van der Waals surface area contributed by atoms with Gasteiger partial charge in [0.05, 0.1) is 55.6 Å². The van der Waals surface area contributed by atoms with E-state index in [1.807, 2.05) is 0 Å². The highest BCUT2D eigenvalue weighted by Gasteiger charge is 2.34. The second-order valence-corrected chi connectivity index (χ2v) is 18.3. The molecule has 2 atom stereocenters. The quantitative estimate of drug-likeness (QED) is 0.0429. The van der Waals surface area contributed by atoms with E-state index in [1.165, 1.54) is 35.6 Å². The lowest BCUT2D eigenvalue weighted by atomic mass is 10.1. The van der Waals surface area contributed by atoms with Crippen molar-refractivity contribution in [3.8, 4) is 11.5 Å². The second kappa shape index (κ2) is 20.0. The van der Waals surface area contributed by atoms with Gasteiger partial charge in [-0.3, -0.25) is 38.6 Å². The molecule has 3 aromatic heterocycles. The van der Waals surface area contributed by atoms with Crippen LogP contribution in [0.4, 0.5) is 28.6 Å². The third-order valence-electron chi connectivity index (χ3n) is 11.6. The minimum Gasteiger partial charge on any atom is -0.493 e. The largest absolute Gasteiger partial charge is 0.493 e. The summed E-state index contributed by atoms with van der Waals surface area (Å²) in [5.41, 5.74) is 5.12. The highest BCUT2D eigenvalue weighted by Crippen LogP contribution is 2.43. The smallest absolute Gasteiger partial charge is 0.430 e. The van der Waals surface area contributed by atoms with Crippen LogP contribution in [-0.4, -0.2) is 116 Å². The highest BCUT2D eigenvalue weighted by molar-refractivity contribution is 7.54. The zero-order valence-electron chi connectivity index (χ0n) is 38.6. The summed E-state index contributed by atoms with van der Waals surface area (Å²) >= 11 is 0. The van der Waals surface area contributed by atoms with Gasteiger partial charge in [0.15, 0.2) is 17.3 Å². The van der Waals surface area contributed by atoms with Crippen molar-refractivity contribution < 1.29 is 52.2 Å². The Morgan fingerprint density at radius 2 is 1.55 bits per heavy atom. The predicted octanol–water partition coefficient (Wildman–Crippen LogP) is 5.23. The van der Waals surface area contributed by atoms with Crippen molar-refractivity contribution in [3.05, 3.63) is 107 Å². The van der Waals surface area contributed by atoms with E-state index in [2.05, 4.69) is 37.6 Å². The first-order valence-corrected chi connectivity index (χ1v) is 23.4. The van der Waals surface area contributed by atoms with Gasteiger partial charge < -0.3 is 58.6 Å². The first-order chi connectivity index (χ1) is 33.0. The molecule has 5 N–H and O–H groups in total. The number of nitrogens with one attached hydrogen (secondary N) is 4. The summed E-state index contributed by atoms with van der Waals surface area (Å²) in [6, 6.07) is 11.3. The summed E-state index contributed by atoms with van der Waals surface area (Å²) in [5, 5.41) is 10.8. The van der Waals surface area contributed by atoms with Crippen molar-refractivity contribution in [2.24, 2.45) is 26.1 Å². The van der Waals surface area contributed by atoms with Gasteiger partial charge >= 0.3 is 7.75 Å². The van der Waals surface area contributed by atoms with Crippen LogP contribution in [0.15, 0.2) is 78.2 Å². The molecule has 0 radical (unpaired) electrons. The number of nitrogens with zero attached hydrogens (tertiary/aromatic N) is 7. The lowest BCUT2D eigenvalue weighted by Crippen LogP contribution is -2.35. The number of hydrogen-bond acceptors (Lipinski definition) is 12. The molecule has 3 aliphatic rings. The predicted molar refractivity (Wildman–Crippen MR) is 254 cm³/mol. The van der Waals surface area contributed by atoms with Crippen LogP contribution in [0.3, 0.4) is 0 Å². The minimum absolute atomic E-state index is 0.00396. The summed E-state index contributed by atoms with van der Waals surface area (Å²) in [6.45, 7) is 5.32. The fraction of sp³-hybridized carbons (Fsp3) is 0.326. The minimum atomic E-state index is -4.13. The molecule has 0 saturated carbocycles. The third kappa shape index (κ3) is 10.8. The van der Waals surface area contributed by atoms with Crippen molar-refractivity contribution in [2.75, 3.05) is 61.6 Å². The lowest BCUT2D eigenvalue weighted by Gasteiger charge is -2.20. The topological polar surface area (TPSA) is 254 Å². The molecule has 5 amide bonds. The Kier molecular flexibility index (Phi) is 13.9. The normalized spacial score (nSPS) is 15.8. The van der Waals surface area contributed by atoms with Gasteiger partial charge in [-0.25, -0.2) is 9.55 Å². The number of hydrogen-bond donors (Lipinski definition) is 5. The van der Waals surface area contributed by atoms with Crippen LogP contribution in [0.1, 0.15) is 72.3 Å². The number of benzene rings is 2. The van der Waals surface area contributed by atoms with E-state index in [0.29, 0.717) is 71.4 Å². The summed E-state index contributed by atoms with van der Waals surface area (Å²) in [5.74, 6) is -0.940. The van der Waals surface area contributed by atoms with Crippen LogP contribution in [0.25, 0.3) is 0 Å². The summed E-state index contributed by atoms with van der Waals surface area (Å²) in [7, 11) is 3.75. The third-order valence-corrected chi connectivity index (χ3v) is 12.7. The van der Waals surface area contributed by atoms with Crippen molar-refractivity contribution in [1.29, 1.82) is 0 Å². The number of aryl methyl sites for hydroxylation is 3. The number of fused-ring (bicyclic) bond motifs is 3. The van der Waals surface area contributed by atoms with Crippen molar-refractivity contribution in [1.82, 2.24) is 28.5 Å². The monoisotopic (exact) mass is 965 g/mol. The molecule has 69 heavy (non-hydrogen) atoms. The van der Waals surface area contributed by atoms with Crippen LogP contribution in [0.2, 0.25) is 0 Å². The number of ether oxygens (including phenoxy) is 3. The van der Waals surface area contributed by atoms with E-state index in [-0.39, 0.29) is 73.9 Å². The van der Waals surface area contributed by atoms with Crippen LogP contribution < -0.4 is 30.5 Å². The number of carbonyl (C=O) groups is 5. The van der Waals surface area contributed by atoms with E-state index in [9.17, 15) is 33.4 Å². The van der Waals surface area contributed by atoms with Gasteiger partial charge in [0, 0.05) is 90.9 Å². The summed E-state index contributed by atoms with van der Waals surface area (Å²) < 4.78 is 38.4. The second-order valence-electron chi connectivity index (χ2n) is 16.8. The summed E-state index contributed by atoms with van der Waals surface area (Å²) in [4.78, 5) is 89.0. The standard InChI is InChI=1S/C46H52N11O11P/c1-27-14-33-20-47-35-19-39(38(66-6)18-34(35)45(61)57(33)21-27)67-11-7-8-41(58)50-40-26-55(4)42(51-40)44(60)49-31-16-36(53(2)24-31)43(59)48-32-17-37(54(3)25-32)46(62)56-22-28-9-10-30(15-29(28)23-56)52-69(63,64)68-13-12-65-5/h9-10,15-20,24-26,33H,1,7-8,11-14,21-23H2,2-6H3,(H,48,59)(H,49,60)(H,50,58)(H2,52,63,64)/t33-/m0/s1. The maximum Gasteiger partial charge on any atom is 0.430 e. The molecular weight excluding hydrogens is 914 g/mol. The number of carbonyl (C=O) groups excluding carboxylic acids is 5. The fourth-order valence-corrected chi connectivity index (χ4v) is 9.11. The Morgan fingerprint density at radius 1 is 0.826 bits per heavy atom. The molecule has 0 bridgehead atoms. The number of anilines is 4. The molecule has 6 heterocycles. The first kappa shape index (κ1) is 48.0. The zero-order chi connectivity index (χ0) is 49.1. The Balaban J connectivity index is 0.810. The molecule has 22 nitrogen and oxygen atoms in total. The molecule has 0 aliphatic carbocycles. The van der Waals surface area contributed by atoms with E-state index in [1.54, 1.807) is 90.5 Å². The lowest BCUT2D eigenvalue weighted by molar-refractivity contribution is -0.116. The molecule has 23 heteroatoms. The molecule has 0 spiro atoms. The number of methoxy groups -OCH3 is 2. The molecule has 2 aromatic carbocycles. The average Bonchev–Trinajstić information content (AvgIpc) is 4.13. The van der Waals surface area contributed by atoms with Crippen molar-refractivity contribution in [2.45, 2.75) is 38.4 Å². The molecule has 8 rings (SSSR count). The Labute approximate surface area is 396 Å². The van der Waals surface area contributed by atoms with Gasteiger partial charge in [-0.05, 0) is 54.3 Å². The van der Waals surface area contributed by atoms with E-state index in [0.717, 1.165) is 16.7 Å². The highest BCUT2D eigenvalue weighted by atomic mass is 31.2. The molecule has 1 saturated heterocycles. The first-order valence-electron chi connectivity index (χ1n) is 21.8. The molecular formula is C46H52N11O11P. The van der Waals surface area contributed by atoms with Crippen LogP contribution in [0, 0.1) is 0 Å². The average molecular weight is 966 g/mol. The van der Waals surface area contributed by atoms with E-state index < -0.39 is 19.6 Å². The maximum absolute atomic E-state index is 13.7. The van der Waals surface area contributed by atoms with Gasteiger partial charge in [0.2, 0.25) is 11.7 Å². The number of rotatable bonds is 18. The number of amides is 5. The number of aliphatic imine (C=N–C) groups is 1. The molecule has 1 unspecified atom stereocenters. The van der Waals surface area contributed by atoms with Crippen LogP contribution in [-0.2, 0) is 52.9 Å². The Morgan fingerprint density at radius 3 is 2.30 bits per heavy atom. The number of imidazole rings is 1. The van der Waals surface area contributed by atoms with Gasteiger partial charge in [0.25, 0.3) is 23.6 Å². The Hall–Kier alpha value is -7.52. The maximum atomic E-state index is 13.7. The van der Waals surface area contributed by atoms with Gasteiger partial charge in [-0.15, -0.1) is 0 Å². The van der Waals surface area contributed by atoms with E-state index in [4.69, 9.17) is 18.7 Å². The molecule has 5 aromatic rings. The summed E-state index contributed by atoms with van der Waals surface area (Å²) in [6.07, 6.45) is 7.51. The van der Waals surface area contributed by atoms with Crippen molar-refractivity contribution in [3.63, 3.8) is 0 Å². The van der Waals surface area contributed by atoms with Crippen molar-refractivity contribution >= 4 is 72.1 Å².